The summed E-state index contributed by atoms with van der Waals surface area (Å²) in [7, 11) is 1.62. The molecule has 126 valence electrons. The predicted molar refractivity (Wildman–Crippen MR) is 99.3 cm³/mol. The van der Waals surface area contributed by atoms with Gasteiger partial charge in [-0.2, -0.15) is 0 Å². The quantitative estimate of drug-likeness (QED) is 0.715. The molecule has 25 heavy (non-hydrogen) atoms. The zero-order valence-corrected chi connectivity index (χ0v) is 13.9. The Balaban J connectivity index is 1.56. The molecule has 0 fully saturated rings. The second-order valence-corrected chi connectivity index (χ2v) is 5.50. The summed E-state index contributed by atoms with van der Waals surface area (Å²) in [6.45, 7) is 0. The first-order chi connectivity index (χ1) is 12.2. The van der Waals surface area contributed by atoms with Gasteiger partial charge in [-0.3, -0.25) is 4.79 Å². The maximum absolute atomic E-state index is 12.1. The highest BCUT2D eigenvalue weighted by atomic mass is 16.5. The molecule has 1 amide bonds. The Morgan fingerprint density at radius 1 is 0.960 bits per heavy atom. The Morgan fingerprint density at radius 3 is 2.36 bits per heavy atom. The number of carbonyl (C=O) groups excluding carboxylic acids is 1. The number of nitrogens with one attached hydrogen (secondary N) is 2. The van der Waals surface area contributed by atoms with Crippen molar-refractivity contribution in [3.05, 3.63) is 78.5 Å². The van der Waals surface area contributed by atoms with E-state index in [1.54, 1.807) is 13.3 Å². The van der Waals surface area contributed by atoms with E-state index in [4.69, 9.17) is 4.74 Å². The van der Waals surface area contributed by atoms with Crippen LogP contribution in [0.4, 0.5) is 17.2 Å². The van der Waals surface area contributed by atoms with Gasteiger partial charge >= 0.3 is 0 Å². The number of amides is 1. The van der Waals surface area contributed by atoms with Gasteiger partial charge in [-0.05, 0) is 42.0 Å². The molecule has 5 heteroatoms. The molecule has 3 rings (SSSR count). The van der Waals surface area contributed by atoms with Crippen LogP contribution >= 0.6 is 0 Å². The van der Waals surface area contributed by atoms with Gasteiger partial charge < -0.3 is 15.4 Å². The van der Waals surface area contributed by atoms with E-state index in [1.807, 2.05) is 66.7 Å². The fourth-order valence-electron chi connectivity index (χ4n) is 2.35. The van der Waals surface area contributed by atoms with Crippen LogP contribution < -0.4 is 15.4 Å². The molecular weight excluding hydrogens is 314 g/mol. The molecule has 0 aliphatic heterocycles. The van der Waals surface area contributed by atoms with Gasteiger partial charge in [-0.25, -0.2) is 4.98 Å². The largest absolute Gasteiger partial charge is 0.497 e. The van der Waals surface area contributed by atoms with Gasteiger partial charge in [0.05, 0.1) is 25.4 Å². The van der Waals surface area contributed by atoms with Crippen molar-refractivity contribution in [2.75, 3.05) is 17.7 Å². The molecule has 0 bridgehead atoms. The maximum atomic E-state index is 12.1. The molecule has 0 atom stereocenters. The number of hydrogen-bond donors (Lipinski definition) is 2. The number of pyridine rings is 1. The molecule has 1 aromatic heterocycles. The summed E-state index contributed by atoms with van der Waals surface area (Å²) < 4.78 is 5.11. The Kier molecular flexibility index (Phi) is 5.26. The number of ether oxygens (including phenoxy) is 1. The molecule has 0 aliphatic rings. The Labute approximate surface area is 146 Å². The highest BCUT2D eigenvalue weighted by Crippen LogP contribution is 2.16. The third kappa shape index (κ3) is 4.81. The van der Waals surface area contributed by atoms with Crippen molar-refractivity contribution < 1.29 is 9.53 Å². The number of anilines is 3. The van der Waals surface area contributed by atoms with Crippen LogP contribution in [0.5, 0.6) is 5.75 Å². The number of hydrogen-bond acceptors (Lipinski definition) is 4. The van der Waals surface area contributed by atoms with E-state index in [0.717, 1.165) is 22.8 Å². The minimum Gasteiger partial charge on any atom is -0.497 e. The van der Waals surface area contributed by atoms with Crippen LogP contribution in [0.2, 0.25) is 0 Å². The minimum atomic E-state index is -0.0873. The summed E-state index contributed by atoms with van der Waals surface area (Å²) in [6, 6.07) is 20.9. The summed E-state index contributed by atoms with van der Waals surface area (Å²) in [6.07, 6.45) is 1.94. The fraction of sp³-hybridized carbons (Fsp3) is 0.100. The standard InChI is InChI=1S/C20H19N3O2/c1-25-18-10-7-15(8-11-18)13-20(24)23-17-9-12-19(21-14-17)22-16-5-3-2-4-6-16/h2-12,14H,13H2,1H3,(H,21,22)(H,23,24). The number of aromatic nitrogens is 1. The SMILES string of the molecule is COc1ccc(CC(=O)Nc2ccc(Nc3ccccc3)nc2)cc1. The second-order valence-electron chi connectivity index (χ2n) is 5.50. The Bertz CT molecular complexity index is 816. The smallest absolute Gasteiger partial charge is 0.228 e. The van der Waals surface area contributed by atoms with Crippen molar-refractivity contribution >= 4 is 23.1 Å². The zero-order chi connectivity index (χ0) is 17.5. The monoisotopic (exact) mass is 333 g/mol. The van der Waals surface area contributed by atoms with Crippen molar-refractivity contribution in [1.29, 1.82) is 0 Å². The van der Waals surface area contributed by atoms with E-state index in [0.29, 0.717) is 12.1 Å². The second kappa shape index (κ2) is 7.97. The minimum absolute atomic E-state index is 0.0873. The van der Waals surface area contributed by atoms with Crippen molar-refractivity contribution in [3.8, 4) is 5.75 Å². The topological polar surface area (TPSA) is 63.2 Å². The molecule has 2 aromatic carbocycles. The lowest BCUT2D eigenvalue weighted by molar-refractivity contribution is -0.115. The third-order valence-corrected chi connectivity index (χ3v) is 3.62. The molecule has 0 saturated heterocycles. The first-order valence-corrected chi connectivity index (χ1v) is 7.94. The van der Waals surface area contributed by atoms with Crippen molar-refractivity contribution in [3.63, 3.8) is 0 Å². The third-order valence-electron chi connectivity index (χ3n) is 3.62. The van der Waals surface area contributed by atoms with Crippen LogP contribution in [-0.4, -0.2) is 18.0 Å². The highest BCUT2D eigenvalue weighted by Gasteiger charge is 2.05. The van der Waals surface area contributed by atoms with Gasteiger partial charge in [0.15, 0.2) is 0 Å². The lowest BCUT2D eigenvalue weighted by atomic mass is 10.1. The molecule has 1 heterocycles. The maximum Gasteiger partial charge on any atom is 0.228 e. The number of nitrogens with zero attached hydrogens (tertiary/aromatic N) is 1. The van der Waals surface area contributed by atoms with Gasteiger partial charge in [-0.15, -0.1) is 0 Å². The van der Waals surface area contributed by atoms with Crippen LogP contribution in [-0.2, 0) is 11.2 Å². The van der Waals surface area contributed by atoms with Crippen molar-refractivity contribution in [2.24, 2.45) is 0 Å². The molecule has 3 aromatic rings. The molecule has 0 unspecified atom stereocenters. The normalized spacial score (nSPS) is 10.1. The van der Waals surface area contributed by atoms with E-state index in [2.05, 4.69) is 15.6 Å². The number of para-hydroxylation sites is 1. The van der Waals surface area contributed by atoms with Gasteiger partial charge in [0.1, 0.15) is 11.6 Å². The predicted octanol–water partition coefficient (Wildman–Crippen LogP) is 4.02. The van der Waals surface area contributed by atoms with Gasteiger partial charge in [-0.1, -0.05) is 30.3 Å². The fourth-order valence-corrected chi connectivity index (χ4v) is 2.35. The number of rotatable bonds is 6. The average Bonchev–Trinajstić information content (AvgIpc) is 2.65. The Hall–Kier alpha value is -3.34. The first kappa shape index (κ1) is 16.5. The van der Waals surface area contributed by atoms with Crippen LogP contribution in [0.1, 0.15) is 5.56 Å². The van der Waals surface area contributed by atoms with Gasteiger partial charge in [0, 0.05) is 5.69 Å². The number of benzene rings is 2. The summed E-state index contributed by atoms with van der Waals surface area (Å²) >= 11 is 0. The first-order valence-electron chi connectivity index (χ1n) is 7.94. The van der Waals surface area contributed by atoms with E-state index in [-0.39, 0.29) is 5.91 Å². The molecule has 0 radical (unpaired) electrons. The summed E-state index contributed by atoms with van der Waals surface area (Å²) in [4.78, 5) is 16.4. The molecule has 2 N–H and O–H groups in total. The van der Waals surface area contributed by atoms with Crippen LogP contribution in [0.25, 0.3) is 0 Å². The van der Waals surface area contributed by atoms with Crippen LogP contribution in [0.15, 0.2) is 72.9 Å². The molecule has 0 spiro atoms. The summed E-state index contributed by atoms with van der Waals surface area (Å²) in [5.74, 6) is 1.41. The summed E-state index contributed by atoms with van der Waals surface area (Å²) in [5, 5.41) is 6.05. The number of methoxy groups -OCH3 is 1. The summed E-state index contributed by atoms with van der Waals surface area (Å²) in [5.41, 5.74) is 2.55. The molecular formula is C20H19N3O2. The van der Waals surface area contributed by atoms with E-state index >= 15 is 0 Å². The van der Waals surface area contributed by atoms with Crippen LogP contribution in [0, 0.1) is 0 Å². The zero-order valence-electron chi connectivity index (χ0n) is 13.9. The lowest BCUT2D eigenvalue weighted by Gasteiger charge is -2.08. The Morgan fingerprint density at radius 2 is 1.72 bits per heavy atom. The van der Waals surface area contributed by atoms with Crippen molar-refractivity contribution in [2.45, 2.75) is 6.42 Å². The van der Waals surface area contributed by atoms with E-state index in [1.165, 1.54) is 0 Å². The van der Waals surface area contributed by atoms with Gasteiger partial charge in [0.25, 0.3) is 0 Å². The van der Waals surface area contributed by atoms with Gasteiger partial charge in [0.2, 0.25) is 5.91 Å². The van der Waals surface area contributed by atoms with E-state index < -0.39 is 0 Å². The van der Waals surface area contributed by atoms with Crippen molar-refractivity contribution in [1.82, 2.24) is 4.98 Å². The molecule has 5 nitrogen and oxygen atoms in total. The molecule has 0 saturated carbocycles. The highest BCUT2D eigenvalue weighted by molar-refractivity contribution is 5.92. The number of carbonyl (C=O) groups is 1. The van der Waals surface area contributed by atoms with E-state index in [9.17, 15) is 4.79 Å². The molecule has 0 aliphatic carbocycles. The average molecular weight is 333 g/mol. The van der Waals surface area contributed by atoms with Crippen LogP contribution in [0.3, 0.4) is 0 Å². The lowest BCUT2D eigenvalue weighted by Crippen LogP contribution is -2.14.